The number of nitrogens with zero attached hydrogens (tertiary/aromatic N) is 3. The van der Waals surface area contributed by atoms with Crippen LogP contribution < -0.4 is 11.3 Å². The summed E-state index contributed by atoms with van der Waals surface area (Å²) >= 11 is 0. The molecular formula is C15H26N5O5P. The maximum Gasteiger partial charge on any atom is 0.356 e. The zero-order chi connectivity index (χ0) is 19.5. The molecule has 0 amide bonds. The van der Waals surface area contributed by atoms with E-state index in [0.717, 1.165) is 0 Å². The Hall–Kier alpha value is -1.74. The Bertz CT molecular complexity index is 833. The van der Waals surface area contributed by atoms with Gasteiger partial charge in [0, 0.05) is 0 Å². The number of hydrogen-bond acceptors (Lipinski definition) is 8. The lowest BCUT2D eigenvalue weighted by atomic mass is 10.4. The average molecular weight is 387 g/mol. The van der Waals surface area contributed by atoms with Crippen molar-refractivity contribution in [1.82, 2.24) is 19.5 Å². The Balaban J connectivity index is 2.07. The highest BCUT2D eigenvalue weighted by Gasteiger charge is 2.29. The third-order valence-corrected chi connectivity index (χ3v) is 5.16. The molecule has 0 unspecified atom stereocenters. The van der Waals surface area contributed by atoms with Crippen molar-refractivity contribution >= 4 is 24.7 Å². The monoisotopic (exact) mass is 387 g/mol. The normalized spacial score (nSPS) is 13.8. The van der Waals surface area contributed by atoms with E-state index in [1.54, 1.807) is 39.2 Å². The van der Waals surface area contributed by atoms with Crippen LogP contribution in [0.2, 0.25) is 0 Å². The maximum atomic E-state index is 12.8. The van der Waals surface area contributed by atoms with E-state index in [4.69, 9.17) is 19.5 Å². The lowest BCUT2D eigenvalue weighted by Crippen LogP contribution is -2.20. The summed E-state index contributed by atoms with van der Waals surface area (Å²) in [5.74, 6) is 0.0120. The van der Waals surface area contributed by atoms with Crippen molar-refractivity contribution in [3.8, 4) is 0 Å². The van der Waals surface area contributed by atoms with E-state index in [0.29, 0.717) is 12.2 Å². The molecule has 1 atom stereocenters. The fraction of sp³-hybridized carbons (Fsp3) is 0.667. The topological polar surface area (TPSA) is 134 Å². The van der Waals surface area contributed by atoms with E-state index in [2.05, 4.69) is 15.0 Å². The molecule has 11 heteroatoms. The van der Waals surface area contributed by atoms with Gasteiger partial charge in [-0.1, -0.05) is 0 Å². The van der Waals surface area contributed by atoms with Crippen LogP contribution in [0.4, 0.5) is 5.95 Å². The van der Waals surface area contributed by atoms with Crippen LogP contribution in [-0.4, -0.2) is 44.2 Å². The standard InChI is InChI=1S/C15H26N5O5P/c1-9(2)24-26(22,25-10(3)4)8-23-11(5)6-20-7-17-12-13(20)18-15(16)19-14(12)21/h7,9-11H,6,8H2,1-5H3,(H3,16,18,19,21)/t11-/m0/s1. The van der Waals surface area contributed by atoms with Crippen LogP contribution >= 0.6 is 7.60 Å². The molecule has 0 saturated heterocycles. The minimum atomic E-state index is -3.38. The second-order valence-electron chi connectivity index (χ2n) is 6.55. The summed E-state index contributed by atoms with van der Waals surface area (Å²) in [7, 11) is -3.38. The molecule has 0 saturated carbocycles. The predicted molar refractivity (Wildman–Crippen MR) is 98.0 cm³/mol. The molecule has 10 nitrogen and oxygen atoms in total. The van der Waals surface area contributed by atoms with Crippen LogP contribution in [-0.2, 0) is 24.9 Å². The summed E-state index contributed by atoms with van der Waals surface area (Å²) < 4.78 is 31.0. The van der Waals surface area contributed by atoms with Gasteiger partial charge in [-0.25, -0.2) is 4.98 Å². The molecule has 0 aromatic carbocycles. The molecule has 2 aromatic rings. The second kappa shape index (κ2) is 8.30. The van der Waals surface area contributed by atoms with Gasteiger partial charge in [-0.05, 0) is 34.6 Å². The molecule has 2 heterocycles. The summed E-state index contributed by atoms with van der Waals surface area (Å²) in [6.07, 6.45) is 0.452. The van der Waals surface area contributed by atoms with Gasteiger partial charge in [0.2, 0.25) is 5.95 Å². The van der Waals surface area contributed by atoms with E-state index in [1.807, 2.05) is 0 Å². The molecule has 0 aliphatic carbocycles. The fourth-order valence-corrected chi connectivity index (χ4v) is 4.27. The Morgan fingerprint density at radius 3 is 2.42 bits per heavy atom. The van der Waals surface area contributed by atoms with E-state index in [9.17, 15) is 9.36 Å². The van der Waals surface area contributed by atoms with Crippen LogP contribution in [0.5, 0.6) is 0 Å². The van der Waals surface area contributed by atoms with E-state index in [1.165, 1.54) is 6.33 Å². The molecule has 0 radical (unpaired) electrons. The van der Waals surface area contributed by atoms with E-state index < -0.39 is 13.2 Å². The number of nitrogens with two attached hydrogens (primary N) is 1. The van der Waals surface area contributed by atoms with Crippen molar-refractivity contribution < 1.29 is 18.3 Å². The number of aromatic amines is 1. The first-order chi connectivity index (χ1) is 12.1. The number of rotatable bonds is 9. The smallest absolute Gasteiger partial charge is 0.356 e. The summed E-state index contributed by atoms with van der Waals surface area (Å²) in [6, 6.07) is 0. The molecule has 0 spiro atoms. The van der Waals surface area contributed by atoms with Gasteiger partial charge in [0.25, 0.3) is 5.56 Å². The first-order valence-corrected chi connectivity index (χ1v) is 10.1. The van der Waals surface area contributed by atoms with Crippen molar-refractivity contribution in [2.24, 2.45) is 0 Å². The molecule has 0 aliphatic heterocycles. The van der Waals surface area contributed by atoms with Gasteiger partial charge in [-0.3, -0.25) is 14.3 Å². The molecule has 3 N–H and O–H groups in total. The number of nitrogens with one attached hydrogen (secondary N) is 1. The predicted octanol–water partition coefficient (Wildman–Crippen LogP) is 2.11. The number of fused-ring (bicyclic) bond motifs is 1. The lowest BCUT2D eigenvalue weighted by Gasteiger charge is -2.24. The Morgan fingerprint density at radius 1 is 1.23 bits per heavy atom. The number of anilines is 1. The van der Waals surface area contributed by atoms with Crippen LogP contribution in [0.1, 0.15) is 34.6 Å². The van der Waals surface area contributed by atoms with Crippen molar-refractivity contribution in [3.05, 3.63) is 16.7 Å². The van der Waals surface area contributed by atoms with Gasteiger partial charge in [-0.2, -0.15) is 4.98 Å². The molecule has 0 fully saturated rings. The number of ether oxygens (including phenoxy) is 1. The van der Waals surface area contributed by atoms with Gasteiger partial charge in [-0.15, -0.1) is 0 Å². The van der Waals surface area contributed by atoms with Gasteiger partial charge < -0.3 is 24.1 Å². The Labute approximate surface area is 151 Å². The highest BCUT2D eigenvalue weighted by molar-refractivity contribution is 7.53. The van der Waals surface area contributed by atoms with Crippen molar-refractivity contribution in [1.29, 1.82) is 0 Å². The van der Waals surface area contributed by atoms with Crippen molar-refractivity contribution in [2.45, 2.75) is 59.5 Å². The number of aromatic nitrogens is 4. The average Bonchev–Trinajstić information content (AvgIpc) is 2.87. The molecule has 0 bridgehead atoms. The third kappa shape index (κ3) is 5.38. The first kappa shape index (κ1) is 20.6. The summed E-state index contributed by atoms with van der Waals surface area (Å²) in [5.41, 5.74) is 5.74. The fourth-order valence-electron chi connectivity index (χ4n) is 2.38. The second-order valence-corrected chi connectivity index (χ2v) is 8.45. The summed E-state index contributed by atoms with van der Waals surface area (Å²) in [6.45, 7) is 9.28. The number of nitrogen functional groups attached to an aromatic ring is 1. The first-order valence-electron chi connectivity index (χ1n) is 8.37. The zero-order valence-electron chi connectivity index (χ0n) is 15.6. The Morgan fingerprint density at radius 2 is 1.85 bits per heavy atom. The van der Waals surface area contributed by atoms with Crippen molar-refractivity contribution in [2.75, 3.05) is 12.1 Å². The zero-order valence-corrected chi connectivity index (χ0v) is 16.5. The molecule has 2 rings (SSSR count). The van der Waals surface area contributed by atoms with E-state index >= 15 is 0 Å². The molecule has 26 heavy (non-hydrogen) atoms. The van der Waals surface area contributed by atoms with E-state index in [-0.39, 0.29) is 36.1 Å². The molecule has 2 aromatic heterocycles. The molecule has 0 aliphatic rings. The maximum absolute atomic E-state index is 12.8. The highest BCUT2D eigenvalue weighted by atomic mass is 31.2. The molecular weight excluding hydrogens is 361 g/mol. The van der Waals surface area contributed by atoms with Crippen molar-refractivity contribution in [3.63, 3.8) is 0 Å². The Kier molecular flexibility index (Phi) is 6.57. The highest BCUT2D eigenvalue weighted by Crippen LogP contribution is 2.50. The van der Waals surface area contributed by atoms with Gasteiger partial charge in [0.15, 0.2) is 11.2 Å². The summed E-state index contributed by atoms with van der Waals surface area (Å²) in [4.78, 5) is 22.3. The number of hydrogen-bond donors (Lipinski definition) is 2. The quantitative estimate of drug-likeness (QED) is 0.625. The minimum absolute atomic E-state index is 0.0120. The summed E-state index contributed by atoms with van der Waals surface area (Å²) in [5, 5.41) is 0. The number of H-pyrrole nitrogens is 1. The van der Waals surface area contributed by atoms with Gasteiger partial charge in [0.1, 0.15) is 6.35 Å². The van der Waals surface area contributed by atoms with Crippen LogP contribution in [0.3, 0.4) is 0 Å². The SMILES string of the molecule is CC(C)OP(=O)(CO[C@@H](C)Cn1cnc2c(=O)[nH]c(N)nc21)OC(C)C. The van der Waals surface area contributed by atoms with Crippen LogP contribution in [0, 0.1) is 0 Å². The largest absolute Gasteiger partial charge is 0.369 e. The third-order valence-electron chi connectivity index (χ3n) is 3.21. The van der Waals surface area contributed by atoms with Crippen LogP contribution in [0.25, 0.3) is 11.2 Å². The van der Waals surface area contributed by atoms with Gasteiger partial charge in [0.05, 0.1) is 31.2 Å². The van der Waals surface area contributed by atoms with Gasteiger partial charge >= 0.3 is 7.60 Å². The lowest BCUT2D eigenvalue weighted by molar-refractivity contribution is 0.0549. The van der Waals surface area contributed by atoms with Crippen LogP contribution in [0.15, 0.2) is 11.1 Å². The molecule has 146 valence electrons. The number of imidazole rings is 1. The minimum Gasteiger partial charge on any atom is -0.369 e.